The molecule has 1 atom stereocenters. The quantitative estimate of drug-likeness (QED) is 0.887. The van der Waals surface area contributed by atoms with Crippen LogP contribution in [0.1, 0.15) is 30.5 Å². The molecule has 1 aliphatic heterocycles. The highest BCUT2D eigenvalue weighted by Gasteiger charge is 2.20. The minimum Gasteiger partial charge on any atom is -0.346 e. The summed E-state index contributed by atoms with van der Waals surface area (Å²) in [7, 11) is 2.17. The van der Waals surface area contributed by atoms with Crippen molar-refractivity contribution in [3.8, 4) is 0 Å². The molecule has 2 rings (SSSR count). The molecular formula is C12H22N4S. The van der Waals surface area contributed by atoms with Crippen molar-refractivity contribution in [3.63, 3.8) is 0 Å². The molecule has 0 bridgehead atoms. The van der Waals surface area contributed by atoms with Gasteiger partial charge in [0.15, 0.2) is 5.13 Å². The third-order valence-electron chi connectivity index (χ3n) is 3.24. The van der Waals surface area contributed by atoms with Gasteiger partial charge in [0.25, 0.3) is 0 Å². The predicted molar refractivity (Wildman–Crippen MR) is 73.8 cm³/mol. The van der Waals surface area contributed by atoms with Gasteiger partial charge in [-0.05, 0) is 20.4 Å². The standard InChI is InChI=1S/C12H22N4S/c1-4-10-11(9(2)13)17-12(14-10)16-7-5-15(3)6-8-16/h9H,4-8,13H2,1-3H3. The molecule has 0 aromatic carbocycles. The Morgan fingerprint density at radius 2 is 2.00 bits per heavy atom. The number of nitrogens with zero attached hydrogens (tertiary/aromatic N) is 3. The number of aromatic nitrogens is 1. The average Bonchev–Trinajstić information content (AvgIpc) is 2.74. The van der Waals surface area contributed by atoms with Crippen molar-refractivity contribution in [3.05, 3.63) is 10.6 Å². The lowest BCUT2D eigenvalue weighted by Gasteiger charge is -2.32. The molecule has 0 amide bonds. The molecule has 1 aliphatic rings. The van der Waals surface area contributed by atoms with Crippen LogP contribution in [0.3, 0.4) is 0 Å². The van der Waals surface area contributed by atoms with Crippen molar-refractivity contribution >= 4 is 16.5 Å². The molecule has 4 nitrogen and oxygen atoms in total. The van der Waals surface area contributed by atoms with Crippen LogP contribution in [0.2, 0.25) is 0 Å². The van der Waals surface area contributed by atoms with Crippen LogP contribution < -0.4 is 10.6 Å². The summed E-state index contributed by atoms with van der Waals surface area (Å²) in [6.45, 7) is 8.58. The van der Waals surface area contributed by atoms with E-state index in [-0.39, 0.29) is 6.04 Å². The normalized spacial score (nSPS) is 19.6. The SMILES string of the molecule is CCc1nc(N2CCN(C)CC2)sc1C(C)N. The van der Waals surface area contributed by atoms with Crippen LogP contribution >= 0.6 is 11.3 Å². The highest BCUT2D eigenvalue weighted by molar-refractivity contribution is 7.15. The molecule has 0 radical (unpaired) electrons. The van der Waals surface area contributed by atoms with Gasteiger partial charge in [0.05, 0.1) is 5.69 Å². The Labute approximate surface area is 107 Å². The number of thiazole rings is 1. The number of aryl methyl sites for hydroxylation is 1. The molecular weight excluding hydrogens is 232 g/mol. The first-order valence-corrected chi connectivity index (χ1v) is 7.12. The lowest BCUT2D eigenvalue weighted by molar-refractivity contribution is 0.312. The Balaban J connectivity index is 2.16. The molecule has 1 aromatic rings. The van der Waals surface area contributed by atoms with Gasteiger partial charge >= 0.3 is 0 Å². The van der Waals surface area contributed by atoms with E-state index in [0.29, 0.717) is 0 Å². The Hall–Kier alpha value is -0.650. The topological polar surface area (TPSA) is 45.4 Å². The van der Waals surface area contributed by atoms with Gasteiger partial charge in [-0.1, -0.05) is 6.92 Å². The summed E-state index contributed by atoms with van der Waals surface area (Å²) >= 11 is 1.77. The number of nitrogens with two attached hydrogens (primary N) is 1. The smallest absolute Gasteiger partial charge is 0.185 e. The maximum atomic E-state index is 6.00. The number of likely N-dealkylation sites (N-methyl/N-ethyl adjacent to an activating group) is 1. The highest BCUT2D eigenvalue weighted by atomic mass is 32.1. The van der Waals surface area contributed by atoms with Crippen LogP contribution in [0.15, 0.2) is 0 Å². The number of hydrogen-bond acceptors (Lipinski definition) is 5. The zero-order chi connectivity index (χ0) is 12.4. The largest absolute Gasteiger partial charge is 0.346 e. The van der Waals surface area contributed by atoms with Crippen molar-refractivity contribution in [2.45, 2.75) is 26.3 Å². The van der Waals surface area contributed by atoms with Gasteiger partial charge in [0.2, 0.25) is 0 Å². The van der Waals surface area contributed by atoms with Crippen molar-refractivity contribution in [2.75, 3.05) is 38.1 Å². The molecule has 1 fully saturated rings. The molecule has 2 heterocycles. The van der Waals surface area contributed by atoms with E-state index in [1.54, 1.807) is 11.3 Å². The van der Waals surface area contributed by atoms with E-state index in [2.05, 4.69) is 23.8 Å². The minimum absolute atomic E-state index is 0.101. The van der Waals surface area contributed by atoms with Crippen LogP contribution in [0, 0.1) is 0 Å². The van der Waals surface area contributed by atoms with E-state index in [1.807, 2.05) is 6.92 Å². The first-order chi connectivity index (χ1) is 8.11. The molecule has 1 aromatic heterocycles. The summed E-state index contributed by atoms with van der Waals surface area (Å²) in [5, 5.41) is 1.15. The van der Waals surface area contributed by atoms with Gasteiger partial charge in [-0.2, -0.15) is 0 Å². The zero-order valence-corrected chi connectivity index (χ0v) is 11.8. The van der Waals surface area contributed by atoms with Crippen LogP contribution in [-0.2, 0) is 6.42 Å². The summed E-state index contributed by atoms with van der Waals surface area (Å²) in [5.74, 6) is 0. The van der Waals surface area contributed by atoms with Crippen LogP contribution in [0.25, 0.3) is 0 Å². The maximum Gasteiger partial charge on any atom is 0.185 e. The molecule has 2 N–H and O–H groups in total. The monoisotopic (exact) mass is 254 g/mol. The fourth-order valence-electron chi connectivity index (χ4n) is 2.09. The Morgan fingerprint density at radius 1 is 1.35 bits per heavy atom. The third-order valence-corrected chi connectivity index (χ3v) is 4.60. The molecule has 17 heavy (non-hydrogen) atoms. The summed E-state index contributed by atoms with van der Waals surface area (Å²) in [6, 6.07) is 0.101. The molecule has 5 heteroatoms. The lowest BCUT2D eigenvalue weighted by atomic mass is 10.2. The Morgan fingerprint density at radius 3 is 2.47 bits per heavy atom. The second-order valence-corrected chi connectivity index (χ2v) is 5.75. The lowest BCUT2D eigenvalue weighted by Crippen LogP contribution is -2.44. The number of rotatable bonds is 3. The third kappa shape index (κ3) is 2.78. The first-order valence-electron chi connectivity index (χ1n) is 6.30. The summed E-state index contributed by atoms with van der Waals surface area (Å²) in [5.41, 5.74) is 7.18. The maximum absolute atomic E-state index is 6.00. The van der Waals surface area contributed by atoms with E-state index in [0.717, 1.165) is 37.7 Å². The predicted octanol–water partition coefficient (Wildman–Crippen LogP) is 1.48. The number of piperazine rings is 1. The molecule has 0 saturated carbocycles. The fourth-order valence-corrected chi connectivity index (χ4v) is 3.25. The van der Waals surface area contributed by atoms with Gasteiger partial charge < -0.3 is 15.5 Å². The summed E-state index contributed by atoms with van der Waals surface area (Å²) in [6.07, 6.45) is 0.973. The van der Waals surface area contributed by atoms with Crippen molar-refractivity contribution in [2.24, 2.45) is 5.73 Å². The van der Waals surface area contributed by atoms with Gasteiger partial charge in [-0.15, -0.1) is 11.3 Å². The molecule has 96 valence electrons. The number of hydrogen-bond donors (Lipinski definition) is 1. The number of anilines is 1. The molecule has 0 spiro atoms. The van der Waals surface area contributed by atoms with Gasteiger partial charge in [-0.3, -0.25) is 0 Å². The molecule has 1 unspecified atom stereocenters. The van der Waals surface area contributed by atoms with Crippen LogP contribution in [-0.4, -0.2) is 43.1 Å². The second-order valence-electron chi connectivity index (χ2n) is 4.74. The average molecular weight is 254 g/mol. The van der Waals surface area contributed by atoms with Gasteiger partial charge in [0.1, 0.15) is 0 Å². The van der Waals surface area contributed by atoms with E-state index in [4.69, 9.17) is 10.7 Å². The summed E-state index contributed by atoms with van der Waals surface area (Å²) in [4.78, 5) is 10.7. The van der Waals surface area contributed by atoms with Crippen LogP contribution in [0.4, 0.5) is 5.13 Å². The first kappa shape index (κ1) is 12.8. The molecule has 1 saturated heterocycles. The van der Waals surface area contributed by atoms with Crippen molar-refractivity contribution in [1.29, 1.82) is 0 Å². The van der Waals surface area contributed by atoms with E-state index >= 15 is 0 Å². The van der Waals surface area contributed by atoms with Crippen molar-refractivity contribution < 1.29 is 0 Å². The van der Waals surface area contributed by atoms with E-state index in [9.17, 15) is 0 Å². The van der Waals surface area contributed by atoms with E-state index < -0.39 is 0 Å². The minimum atomic E-state index is 0.101. The fraction of sp³-hybridized carbons (Fsp3) is 0.750. The van der Waals surface area contributed by atoms with Gasteiger partial charge in [0, 0.05) is 37.1 Å². The molecule has 0 aliphatic carbocycles. The summed E-state index contributed by atoms with van der Waals surface area (Å²) < 4.78 is 0. The van der Waals surface area contributed by atoms with Crippen molar-refractivity contribution in [1.82, 2.24) is 9.88 Å². The van der Waals surface area contributed by atoms with Gasteiger partial charge in [-0.25, -0.2) is 4.98 Å². The second kappa shape index (κ2) is 5.33. The highest BCUT2D eigenvalue weighted by Crippen LogP contribution is 2.30. The van der Waals surface area contributed by atoms with E-state index in [1.165, 1.54) is 10.6 Å². The Kier molecular flexibility index (Phi) is 4.01. The zero-order valence-electron chi connectivity index (χ0n) is 10.9. The Bertz CT molecular complexity index is 367. The van der Waals surface area contributed by atoms with Crippen LogP contribution in [0.5, 0.6) is 0 Å².